The summed E-state index contributed by atoms with van der Waals surface area (Å²) in [5, 5.41) is 0.583. The van der Waals surface area contributed by atoms with Crippen LogP contribution >= 0.6 is 11.3 Å². The lowest BCUT2D eigenvalue weighted by atomic mass is 10.0. The van der Waals surface area contributed by atoms with E-state index in [-0.39, 0.29) is 0 Å². The van der Waals surface area contributed by atoms with Gasteiger partial charge in [-0.05, 0) is 26.0 Å². The summed E-state index contributed by atoms with van der Waals surface area (Å²) in [7, 11) is 0. The van der Waals surface area contributed by atoms with Crippen LogP contribution in [0.3, 0.4) is 0 Å². The summed E-state index contributed by atoms with van der Waals surface area (Å²) in [6, 6.07) is 12.3. The highest BCUT2D eigenvalue weighted by molar-refractivity contribution is 7.19. The number of anilines is 1. The van der Waals surface area contributed by atoms with E-state index in [1.807, 2.05) is 19.1 Å². The van der Waals surface area contributed by atoms with Gasteiger partial charge >= 0.3 is 0 Å². The third-order valence-corrected chi connectivity index (χ3v) is 4.10. The van der Waals surface area contributed by atoms with Crippen LogP contribution in [0, 0.1) is 13.8 Å². The van der Waals surface area contributed by atoms with Crippen molar-refractivity contribution in [1.82, 2.24) is 9.97 Å². The fraction of sp³-hybridized carbons (Fsp3) is 0.125. The van der Waals surface area contributed by atoms with Gasteiger partial charge in [0, 0.05) is 23.0 Å². The van der Waals surface area contributed by atoms with Crippen molar-refractivity contribution >= 4 is 16.5 Å². The van der Waals surface area contributed by atoms with Crippen molar-refractivity contribution in [3.63, 3.8) is 0 Å². The van der Waals surface area contributed by atoms with Crippen molar-refractivity contribution in [1.29, 1.82) is 0 Å². The van der Waals surface area contributed by atoms with Gasteiger partial charge in [-0.1, -0.05) is 41.2 Å². The van der Waals surface area contributed by atoms with Gasteiger partial charge in [0.2, 0.25) is 0 Å². The van der Waals surface area contributed by atoms with Gasteiger partial charge in [0.15, 0.2) is 5.13 Å². The van der Waals surface area contributed by atoms with E-state index in [0.29, 0.717) is 5.13 Å². The van der Waals surface area contributed by atoms with Gasteiger partial charge in [-0.15, -0.1) is 0 Å². The summed E-state index contributed by atoms with van der Waals surface area (Å²) < 4.78 is 0. The molecule has 0 saturated carbocycles. The Morgan fingerprint density at radius 1 is 1.10 bits per heavy atom. The summed E-state index contributed by atoms with van der Waals surface area (Å²) in [6.07, 6.45) is 1.80. The second-order valence-electron chi connectivity index (χ2n) is 4.74. The van der Waals surface area contributed by atoms with Crippen molar-refractivity contribution in [2.24, 2.45) is 0 Å². The third kappa shape index (κ3) is 2.30. The van der Waals surface area contributed by atoms with Crippen LogP contribution in [0.15, 0.2) is 42.6 Å². The van der Waals surface area contributed by atoms with Crippen LogP contribution in [0.5, 0.6) is 0 Å². The molecule has 0 spiro atoms. The topological polar surface area (TPSA) is 51.8 Å². The first kappa shape index (κ1) is 12.8. The molecular formula is C16H15N3S. The molecule has 3 nitrogen and oxygen atoms in total. The average molecular weight is 281 g/mol. The predicted molar refractivity (Wildman–Crippen MR) is 84.7 cm³/mol. The van der Waals surface area contributed by atoms with E-state index in [1.165, 1.54) is 16.9 Å². The first-order valence-corrected chi connectivity index (χ1v) is 7.22. The molecule has 0 amide bonds. The summed E-state index contributed by atoms with van der Waals surface area (Å²) in [6.45, 7) is 4.08. The maximum atomic E-state index is 5.93. The maximum Gasteiger partial charge on any atom is 0.181 e. The Bertz CT molecular complexity index is 762. The van der Waals surface area contributed by atoms with Gasteiger partial charge in [0.05, 0.1) is 10.6 Å². The van der Waals surface area contributed by atoms with E-state index in [0.717, 1.165) is 27.4 Å². The first-order chi connectivity index (χ1) is 9.65. The Hall–Kier alpha value is -2.20. The highest BCUT2D eigenvalue weighted by atomic mass is 32.1. The summed E-state index contributed by atoms with van der Waals surface area (Å²) in [4.78, 5) is 9.95. The first-order valence-electron chi connectivity index (χ1n) is 6.40. The molecule has 1 aromatic carbocycles. The lowest BCUT2D eigenvalue weighted by molar-refractivity contribution is 1.21. The maximum absolute atomic E-state index is 5.93. The number of benzene rings is 1. The highest BCUT2D eigenvalue weighted by Gasteiger charge is 2.15. The number of pyridine rings is 1. The molecule has 0 saturated heterocycles. The number of aromatic nitrogens is 2. The molecule has 2 heterocycles. The number of aryl methyl sites for hydroxylation is 2. The van der Waals surface area contributed by atoms with Crippen LogP contribution < -0.4 is 5.73 Å². The zero-order chi connectivity index (χ0) is 14.1. The van der Waals surface area contributed by atoms with Crippen LogP contribution in [-0.2, 0) is 0 Å². The molecule has 0 fully saturated rings. The van der Waals surface area contributed by atoms with Crippen LogP contribution in [0.1, 0.15) is 11.3 Å². The SMILES string of the molecule is Cc1cccc(-c2nc(N)sc2-c2cccnc2C)c1. The predicted octanol–water partition coefficient (Wildman–Crippen LogP) is 4.07. The van der Waals surface area contributed by atoms with Crippen molar-refractivity contribution in [2.45, 2.75) is 13.8 Å². The minimum atomic E-state index is 0.583. The van der Waals surface area contributed by atoms with Crippen LogP contribution in [0.25, 0.3) is 21.7 Å². The zero-order valence-electron chi connectivity index (χ0n) is 11.4. The van der Waals surface area contributed by atoms with E-state index < -0.39 is 0 Å². The molecule has 0 bridgehead atoms. The molecule has 3 rings (SSSR count). The standard InChI is InChI=1S/C16H15N3S/c1-10-5-3-6-12(9-10)14-15(20-16(17)19-14)13-7-4-8-18-11(13)2/h3-9H,1-2H3,(H2,17,19). The van der Waals surface area contributed by atoms with Crippen LogP contribution in [0.4, 0.5) is 5.13 Å². The summed E-state index contributed by atoms with van der Waals surface area (Å²) >= 11 is 1.51. The van der Waals surface area contributed by atoms with Gasteiger partial charge < -0.3 is 5.73 Å². The van der Waals surface area contributed by atoms with E-state index in [4.69, 9.17) is 5.73 Å². The number of nitrogens with zero attached hydrogens (tertiary/aromatic N) is 2. The van der Waals surface area contributed by atoms with Gasteiger partial charge in [-0.2, -0.15) is 0 Å². The molecule has 3 aromatic rings. The molecule has 0 radical (unpaired) electrons. The smallest absolute Gasteiger partial charge is 0.181 e. The van der Waals surface area contributed by atoms with E-state index in [9.17, 15) is 0 Å². The molecule has 0 aliphatic carbocycles. The molecule has 0 unspecified atom stereocenters. The van der Waals surface area contributed by atoms with Gasteiger partial charge in [-0.3, -0.25) is 4.98 Å². The van der Waals surface area contributed by atoms with Crippen molar-refractivity contribution in [3.05, 3.63) is 53.9 Å². The van der Waals surface area contributed by atoms with Crippen molar-refractivity contribution in [2.75, 3.05) is 5.73 Å². The number of hydrogen-bond donors (Lipinski definition) is 1. The van der Waals surface area contributed by atoms with E-state index in [1.54, 1.807) is 6.20 Å². The van der Waals surface area contributed by atoms with E-state index in [2.05, 4.69) is 41.2 Å². The fourth-order valence-corrected chi connectivity index (χ4v) is 3.16. The fourth-order valence-electron chi connectivity index (χ4n) is 2.23. The monoisotopic (exact) mass is 281 g/mol. The highest BCUT2D eigenvalue weighted by Crippen LogP contribution is 2.38. The molecule has 0 atom stereocenters. The largest absolute Gasteiger partial charge is 0.375 e. The van der Waals surface area contributed by atoms with Crippen molar-refractivity contribution < 1.29 is 0 Å². The third-order valence-electron chi connectivity index (χ3n) is 3.19. The number of nitrogen functional groups attached to an aromatic ring is 1. The molecule has 2 N–H and O–H groups in total. The molecule has 4 heteroatoms. The average Bonchev–Trinajstić information content (AvgIpc) is 2.81. The number of thiazole rings is 1. The number of nitrogens with two attached hydrogens (primary N) is 1. The van der Waals surface area contributed by atoms with Crippen molar-refractivity contribution in [3.8, 4) is 21.7 Å². The molecule has 0 aliphatic rings. The van der Waals surface area contributed by atoms with Gasteiger partial charge in [0.1, 0.15) is 0 Å². The second kappa shape index (κ2) is 5.06. The minimum absolute atomic E-state index is 0.583. The summed E-state index contributed by atoms with van der Waals surface area (Å²) in [5.74, 6) is 0. The number of hydrogen-bond acceptors (Lipinski definition) is 4. The Morgan fingerprint density at radius 2 is 1.95 bits per heavy atom. The molecular weight excluding hydrogens is 266 g/mol. The molecule has 0 aliphatic heterocycles. The Morgan fingerprint density at radius 3 is 2.70 bits per heavy atom. The zero-order valence-corrected chi connectivity index (χ0v) is 12.2. The lowest BCUT2D eigenvalue weighted by Gasteiger charge is -2.05. The van der Waals surface area contributed by atoms with Crippen LogP contribution in [0.2, 0.25) is 0 Å². The quantitative estimate of drug-likeness (QED) is 0.770. The van der Waals surface area contributed by atoms with Gasteiger partial charge in [-0.25, -0.2) is 4.98 Å². The number of rotatable bonds is 2. The summed E-state index contributed by atoms with van der Waals surface area (Å²) in [5.41, 5.74) is 11.3. The minimum Gasteiger partial charge on any atom is -0.375 e. The molecule has 100 valence electrons. The normalized spacial score (nSPS) is 10.7. The Labute approximate surface area is 122 Å². The van der Waals surface area contributed by atoms with Gasteiger partial charge in [0.25, 0.3) is 0 Å². The molecule has 20 heavy (non-hydrogen) atoms. The van der Waals surface area contributed by atoms with E-state index >= 15 is 0 Å². The van der Waals surface area contributed by atoms with Crippen LogP contribution in [-0.4, -0.2) is 9.97 Å². The molecule has 2 aromatic heterocycles. The Balaban J connectivity index is 2.21. The lowest BCUT2D eigenvalue weighted by Crippen LogP contribution is -1.88. The Kier molecular flexibility index (Phi) is 3.24. The second-order valence-corrected chi connectivity index (χ2v) is 5.77.